The summed E-state index contributed by atoms with van der Waals surface area (Å²) in [6.07, 6.45) is 0.999. The van der Waals surface area contributed by atoms with Gasteiger partial charge in [0.05, 0.1) is 6.04 Å². The number of nitrogens with zero attached hydrogens (tertiary/aromatic N) is 1. The van der Waals surface area contributed by atoms with Gasteiger partial charge in [0.1, 0.15) is 18.5 Å². The number of benzene rings is 1. The second-order valence-corrected chi connectivity index (χ2v) is 5.57. The third kappa shape index (κ3) is 2.39. The maximum Gasteiger partial charge on any atom is 0.220 e. The molecule has 5 heteroatoms. The molecule has 1 aromatic carbocycles. The van der Waals surface area contributed by atoms with E-state index in [1.165, 1.54) is 0 Å². The Morgan fingerprint density at radius 2 is 2.00 bits per heavy atom. The Morgan fingerprint density at radius 1 is 1.30 bits per heavy atom. The molecule has 2 aliphatic rings. The minimum atomic E-state index is -0.532. The van der Waals surface area contributed by atoms with Crippen LogP contribution in [0.25, 0.3) is 0 Å². The summed E-state index contributed by atoms with van der Waals surface area (Å²) in [5, 5.41) is 10.3. The van der Waals surface area contributed by atoms with Gasteiger partial charge in [-0.15, -0.1) is 0 Å². The van der Waals surface area contributed by atoms with Crippen molar-refractivity contribution in [3.05, 3.63) is 29.8 Å². The summed E-state index contributed by atoms with van der Waals surface area (Å²) in [5.74, 6) is 0.607. The van der Waals surface area contributed by atoms with E-state index < -0.39 is 6.10 Å². The van der Waals surface area contributed by atoms with Crippen molar-refractivity contribution < 1.29 is 14.6 Å². The van der Waals surface area contributed by atoms with Gasteiger partial charge in [-0.25, -0.2) is 0 Å². The molecule has 2 heterocycles. The van der Waals surface area contributed by atoms with Crippen LogP contribution in [0.4, 0.5) is 0 Å². The average Bonchev–Trinajstić information content (AvgIpc) is 2.47. The number of fused-ring (bicyclic) bond motifs is 1. The lowest BCUT2D eigenvalue weighted by Gasteiger charge is -2.41. The van der Waals surface area contributed by atoms with Gasteiger partial charge in [0.2, 0.25) is 5.91 Å². The first kappa shape index (κ1) is 13.4. The maximum atomic E-state index is 11.2. The number of piperidine rings is 1. The number of hydrogen-bond donors (Lipinski definition) is 2. The highest BCUT2D eigenvalue weighted by atomic mass is 16.5. The number of ether oxygens (including phenoxy) is 1. The highest BCUT2D eigenvalue weighted by Crippen LogP contribution is 2.37. The second kappa shape index (κ2) is 5.42. The number of primary amides is 1. The summed E-state index contributed by atoms with van der Waals surface area (Å²) in [4.78, 5) is 13.5. The fraction of sp³-hybridized carbons (Fsp3) is 0.533. The van der Waals surface area contributed by atoms with Gasteiger partial charge in [-0.3, -0.25) is 9.69 Å². The van der Waals surface area contributed by atoms with Crippen LogP contribution in [0.2, 0.25) is 0 Å². The van der Waals surface area contributed by atoms with Crippen LogP contribution >= 0.6 is 0 Å². The molecule has 0 bridgehead atoms. The number of likely N-dealkylation sites (tertiary alicyclic amines) is 1. The van der Waals surface area contributed by atoms with Gasteiger partial charge < -0.3 is 15.6 Å². The predicted molar refractivity (Wildman–Crippen MR) is 74.2 cm³/mol. The molecule has 0 saturated carbocycles. The molecule has 5 nitrogen and oxygen atoms in total. The summed E-state index contributed by atoms with van der Waals surface area (Å²) < 4.78 is 5.57. The molecule has 0 spiro atoms. The summed E-state index contributed by atoms with van der Waals surface area (Å²) in [6.45, 7) is 1.88. The zero-order valence-corrected chi connectivity index (χ0v) is 11.4. The summed E-state index contributed by atoms with van der Waals surface area (Å²) >= 11 is 0. The number of rotatable bonds is 2. The lowest BCUT2D eigenvalue weighted by atomic mass is 9.91. The van der Waals surface area contributed by atoms with Gasteiger partial charge in [0.15, 0.2) is 0 Å². The van der Waals surface area contributed by atoms with E-state index in [2.05, 4.69) is 4.90 Å². The minimum absolute atomic E-state index is 0.0292. The Kier molecular flexibility index (Phi) is 3.63. The molecule has 2 aliphatic heterocycles. The van der Waals surface area contributed by atoms with Crippen LogP contribution in [0.1, 0.15) is 24.4 Å². The molecule has 1 saturated heterocycles. The van der Waals surface area contributed by atoms with Gasteiger partial charge in [-0.05, 0) is 32.0 Å². The van der Waals surface area contributed by atoms with E-state index in [1.807, 2.05) is 24.3 Å². The van der Waals surface area contributed by atoms with E-state index in [9.17, 15) is 9.90 Å². The topological polar surface area (TPSA) is 75.8 Å². The number of aliphatic hydroxyl groups excluding tert-OH is 1. The van der Waals surface area contributed by atoms with Gasteiger partial charge in [-0.2, -0.15) is 0 Å². The molecule has 1 fully saturated rings. The Balaban J connectivity index is 1.79. The Bertz CT molecular complexity index is 498. The van der Waals surface area contributed by atoms with Gasteiger partial charge in [0.25, 0.3) is 0 Å². The molecule has 20 heavy (non-hydrogen) atoms. The van der Waals surface area contributed by atoms with Crippen LogP contribution in [0.3, 0.4) is 0 Å². The fourth-order valence-corrected chi connectivity index (χ4v) is 3.23. The number of carbonyl (C=O) groups is 1. The molecule has 2 atom stereocenters. The van der Waals surface area contributed by atoms with Crippen molar-refractivity contribution in [2.75, 3.05) is 19.7 Å². The van der Waals surface area contributed by atoms with E-state index in [0.717, 1.165) is 37.2 Å². The highest BCUT2D eigenvalue weighted by Gasteiger charge is 2.36. The van der Waals surface area contributed by atoms with Gasteiger partial charge in [0, 0.05) is 11.5 Å². The van der Waals surface area contributed by atoms with Gasteiger partial charge in [-0.1, -0.05) is 18.2 Å². The molecule has 0 aromatic heterocycles. The largest absolute Gasteiger partial charge is 0.490 e. The number of carbonyl (C=O) groups excluding carboxylic acids is 1. The highest BCUT2D eigenvalue weighted by molar-refractivity contribution is 5.76. The van der Waals surface area contributed by atoms with Crippen LogP contribution in [0.5, 0.6) is 5.75 Å². The zero-order valence-electron chi connectivity index (χ0n) is 11.4. The summed E-state index contributed by atoms with van der Waals surface area (Å²) in [6, 6.07) is 7.79. The smallest absolute Gasteiger partial charge is 0.220 e. The molecular weight excluding hydrogens is 256 g/mol. The third-order valence-corrected chi connectivity index (χ3v) is 4.34. The van der Waals surface area contributed by atoms with E-state index in [-0.39, 0.29) is 17.9 Å². The van der Waals surface area contributed by atoms with Crippen LogP contribution in [0, 0.1) is 5.92 Å². The normalized spacial score (nSPS) is 27.6. The fourth-order valence-electron chi connectivity index (χ4n) is 3.23. The number of amides is 1. The lowest BCUT2D eigenvalue weighted by Crippen LogP contribution is -2.47. The summed E-state index contributed by atoms with van der Waals surface area (Å²) in [5.41, 5.74) is 6.40. The zero-order chi connectivity index (χ0) is 14.1. The van der Waals surface area contributed by atoms with Crippen molar-refractivity contribution >= 4 is 5.91 Å². The Hall–Kier alpha value is -1.59. The molecular formula is C15H20N2O3. The van der Waals surface area contributed by atoms with Crippen LogP contribution in [0.15, 0.2) is 24.3 Å². The molecule has 2 unspecified atom stereocenters. The van der Waals surface area contributed by atoms with E-state index in [4.69, 9.17) is 10.5 Å². The molecule has 1 aromatic rings. The third-order valence-electron chi connectivity index (χ3n) is 4.34. The van der Waals surface area contributed by atoms with Crippen molar-refractivity contribution in [3.63, 3.8) is 0 Å². The Labute approximate surface area is 118 Å². The molecule has 108 valence electrons. The molecule has 1 amide bonds. The van der Waals surface area contributed by atoms with Gasteiger partial charge >= 0.3 is 0 Å². The second-order valence-electron chi connectivity index (χ2n) is 5.57. The number of nitrogens with two attached hydrogens (primary N) is 1. The molecule has 0 radical (unpaired) electrons. The first-order chi connectivity index (χ1) is 9.66. The number of aliphatic hydroxyl groups is 1. The van der Waals surface area contributed by atoms with Crippen molar-refractivity contribution in [1.29, 1.82) is 0 Å². The molecule has 0 aliphatic carbocycles. The van der Waals surface area contributed by atoms with Crippen LogP contribution in [-0.4, -0.2) is 41.7 Å². The van der Waals surface area contributed by atoms with Crippen molar-refractivity contribution in [3.8, 4) is 5.75 Å². The molecule has 3 N–H and O–H groups in total. The van der Waals surface area contributed by atoms with Crippen molar-refractivity contribution in [2.45, 2.75) is 25.0 Å². The van der Waals surface area contributed by atoms with E-state index >= 15 is 0 Å². The lowest BCUT2D eigenvalue weighted by molar-refractivity contribution is -0.123. The molecule has 3 rings (SSSR count). The standard InChI is InChI=1S/C15H20N2O3/c16-15(19)10-5-7-17(8-6-10)14-11-3-1-2-4-13(11)20-9-12(14)18/h1-4,10,12,14,18H,5-9H2,(H2,16,19). The first-order valence-corrected chi connectivity index (χ1v) is 7.10. The average molecular weight is 276 g/mol. The summed E-state index contributed by atoms with van der Waals surface area (Å²) in [7, 11) is 0. The van der Waals surface area contributed by atoms with Crippen molar-refractivity contribution in [2.24, 2.45) is 11.7 Å². The quantitative estimate of drug-likeness (QED) is 0.833. The minimum Gasteiger partial charge on any atom is -0.490 e. The van der Waals surface area contributed by atoms with Crippen molar-refractivity contribution in [1.82, 2.24) is 4.90 Å². The first-order valence-electron chi connectivity index (χ1n) is 7.10. The van der Waals surface area contributed by atoms with Crippen LogP contribution in [-0.2, 0) is 4.79 Å². The number of para-hydroxylation sites is 1. The van der Waals surface area contributed by atoms with Crippen LogP contribution < -0.4 is 10.5 Å². The SMILES string of the molecule is NC(=O)C1CCN(C2c3ccccc3OCC2O)CC1. The number of hydrogen-bond acceptors (Lipinski definition) is 4. The van der Waals surface area contributed by atoms with E-state index in [0.29, 0.717) is 6.61 Å². The monoisotopic (exact) mass is 276 g/mol. The Morgan fingerprint density at radius 3 is 2.70 bits per heavy atom. The maximum absolute atomic E-state index is 11.2. The van der Waals surface area contributed by atoms with E-state index in [1.54, 1.807) is 0 Å². The predicted octanol–water partition coefficient (Wildman–Crippen LogP) is 0.678.